The summed E-state index contributed by atoms with van der Waals surface area (Å²) in [6.45, 7) is 4.17. The highest BCUT2D eigenvalue weighted by Crippen LogP contribution is 2.13. The zero-order valence-electron chi connectivity index (χ0n) is 10.7. The molecule has 1 heterocycles. The van der Waals surface area contributed by atoms with Gasteiger partial charge in [-0.2, -0.15) is 5.26 Å². The third-order valence-electron chi connectivity index (χ3n) is 2.75. The van der Waals surface area contributed by atoms with Gasteiger partial charge < -0.3 is 9.47 Å². The van der Waals surface area contributed by atoms with Crippen molar-refractivity contribution in [3.05, 3.63) is 18.2 Å². The van der Waals surface area contributed by atoms with Crippen molar-refractivity contribution in [1.29, 1.82) is 5.26 Å². The topological polar surface area (TPSA) is 61.9 Å². The first kappa shape index (κ1) is 13.2. The molecule has 0 fully saturated rings. The van der Waals surface area contributed by atoms with Crippen LogP contribution in [0.2, 0.25) is 0 Å². The molecule has 1 unspecified atom stereocenters. The van der Waals surface area contributed by atoms with E-state index in [1.807, 2.05) is 31.7 Å². The number of aromatic nitrogens is 2. The quantitative estimate of drug-likeness (QED) is 0.785. The van der Waals surface area contributed by atoms with Crippen molar-refractivity contribution in [3.8, 4) is 6.07 Å². The predicted octanol–water partition coefficient (Wildman–Crippen LogP) is 1.17. The second-order valence-electron chi connectivity index (χ2n) is 4.50. The van der Waals surface area contributed by atoms with Crippen LogP contribution in [0.5, 0.6) is 0 Å². The van der Waals surface area contributed by atoms with Crippen LogP contribution in [0, 0.1) is 23.2 Å². The van der Waals surface area contributed by atoms with Crippen LogP contribution in [0.25, 0.3) is 0 Å². The molecule has 1 aromatic heterocycles. The lowest BCUT2D eigenvalue weighted by Gasteiger charge is -2.21. The smallest absolute Gasteiger partial charge is 0.240 e. The maximum absolute atomic E-state index is 12.0. The summed E-state index contributed by atoms with van der Waals surface area (Å²) in [7, 11) is 3.58. The lowest BCUT2D eigenvalue weighted by molar-refractivity contribution is -0.134. The molecule has 92 valence electrons. The normalized spacial score (nSPS) is 12.2. The van der Waals surface area contributed by atoms with Crippen LogP contribution in [0.4, 0.5) is 0 Å². The number of carbonyl (C=O) groups excluding carboxylic acids is 1. The van der Waals surface area contributed by atoms with Gasteiger partial charge in [0.15, 0.2) is 0 Å². The van der Waals surface area contributed by atoms with Crippen LogP contribution < -0.4 is 0 Å². The molecule has 0 aliphatic rings. The van der Waals surface area contributed by atoms with Crippen LogP contribution >= 0.6 is 0 Å². The summed E-state index contributed by atoms with van der Waals surface area (Å²) in [5, 5.41) is 8.98. The Hall–Kier alpha value is -1.83. The number of aryl methyl sites for hydroxylation is 1. The fraction of sp³-hybridized carbons (Fsp3) is 0.583. The van der Waals surface area contributed by atoms with Gasteiger partial charge in [0.2, 0.25) is 5.91 Å². The largest absolute Gasteiger partial charge is 0.337 e. The summed E-state index contributed by atoms with van der Waals surface area (Å²) in [5.74, 6) is 0.100. The molecule has 0 saturated carbocycles. The van der Waals surface area contributed by atoms with E-state index in [0.29, 0.717) is 6.54 Å². The minimum absolute atomic E-state index is 0.0244. The zero-order valence-corrected chi connectivity index (χ0v) is 10.7. The SMILES string of the molecule is CC(C)C(C#N)C(=O)N(C)Cc1nccn1C. The number of carbonyl (C=O) groups is 1. The number of imidazole rings is 1. The van der Waals surface area contributed by atoms with Gasteiger partial charge in [-0.1, -0.05) is 13.8 Å². The fourth-order valence-electron chi connectivity index (χ4n) is 1.57. The Kier molecular flexibility index (Phi) is 4.27. The van der Waals surface area contributed by atoms with E-state index in [1.54, 1.807) is 18.1 Å². The maximum atomic E-state index is 12.0. The summed E-state index contributed by atoms with van der Waals surface area (Å²) >= 11 is 0. The Morgan fingerprint density at radius 3 is 2.71 bits per heavy atom. The summed E-state index contributed by atoms with van der Waals surface area (Å²) in [4.78, 5) is 17.7. The number of amides is 1. The molecule has 17 heavy (non-hydrogen) atoms. The van der Waals surface area contributed by atoms with Crippen LogP contribution in [-0.2, 0) is 18.4 Å². The molecule has 0 saturated heterocycles. The van der Waals surface area contributed by atoms with Crippen LogP contribution in [0.15, 0.2) is 12.4 Å². The fourth-order valence-corrected chi connectivity index (χ4v) is 1.57. The molecule has 0 spiro atoms. The monoisotopic (exact) mass is 234 g/mol. The third kappa shape index (κ3) is 3.06. The van der Waals surface area contributed by atoms with Crippen molar-refractivity contribution in [2.75, 3.05) is 7.05 Å². The van der Waals surface area contributed by atoms with Crippen molar-refractivity contribution in [3.63, 3.8) is 0 Å². The van der Waals surface area contributed by atoms with Gasteiger partial charge in [0.05, 0.1) is 12.6 Å². The van der Waals surface area contributed by atoms with E-state index in [-0.39, 0.29) is 11.8 Å². The lowest BCUT2D eigenvalue weighted by atomic mass is 9.96. The molecule has 5 heteroatoms. The molecule has 5 nitrogen and oxygen atoms in total. The molecule has 0 aliphatic carbocycles. The van der Waals surface area contributed by atoms with Gasteiger partial charge in [-0.15, -0.1) is 0 Å². The summed E-state index contributed by atoms with van der Waals surface area (Å²) in [5.41, 5.74) is 0. The number of hydrogen-bond donors (Lipinski definition) is 0. The van der Waals surface area contributed by atoms with E-state index in [1.165, 1.54) is 0 Å². The van der Waals surface area contributed by atoms with E-state index in [2.05, 4.69) is 11.1 Å². The van der Waals surface area contributed by atoms with Crippen molar-refractivity contribution in [2.45, 2.75) is 20.4 Å². The van der Waals surface area contributed by atoms with Crippen molar-refractivity contribution in [1.82, 2.24) is 14.5 Å². The minimum Gasteiger partial charge on any atom is -0.337 e. The van der Waals surface area contributed by atoms with Crippen LogP contribution in [0.3, 0.4) is 0 Å². The molecule has 0 aliphatic heterocycles. The minimum atomic E-state index is -0.583. The van der Waals surface area contributed by atoms with E-state index >= 15 is 0 Å². The van der Waals surface area contributed by atoms with Gasteiger partial charge in [0.25, 0.3) is 0 Å². The second kappa shape index (κ2) is 5.48. The van der Waals surface area contributed by atoms with E-state index < -0.39 is 5.92 Å². The Morgan fingerprint density at radius 1 is 1.65 bits per heavy atom. The summed E-state index contributed by atoms with van der Waals surface area (Å²) in [6, 6.07) is 2.06. The van der Waals surface area contributed by atoms with Gasteiger partial charge in [0, 0.05) is 26.5 Å². The molecule has 1 rings (SSSR count). The molecule has 0 N–H and O–H groups in total. The Balaban J connectivity index is 2.71. The van der Waals surface area contributed by atoms with Gasteiger partial charge in [0.1, 0.15) is 11.7 Å². The zero-order chi connectivity index (χ0) is 13.0. The summed E-state index contributed by atoms with van der Waals surface area (Å²) < 4.78 is 1.86. The number of nitriles is 1. The number of nitrogens with zero attached hydrogens (tertiary/aromatic N) is 4. The van der Waals surface area contributed by atoms with Gasteiger partial charge in [-0.05, 0) is 5.92 Å². The van der Waals surface area contributed by atoms with Crippen molar-refractivity contribution >= 4 is 5.91 Å². The average Bonchev–Trinajstić information content (AvgIpc) is 2.64. The highest BCUT2D eigenvalue weighted by molar-refractivity contribution is 5.81. The molecular weight excluding hydrogens is 216 g/mol. The van der Waals surface area contributed by atoms with Gasteiger partial charge >= 0.3 is 0 Å². The maximum Gasteiger partial charge on any atom is 0.240 e. The Morgan fingerprint density at radius 2 is 2.29 bits per heavy atom. The molecule has 1 amide bonds. The first-order chi connectivity index (χ1) is 7.97. The third-order valence-corrected chi connectivity index (χ3v) is 2.75. The Bertz CT molecular complexity index is 430. The average molecular weight is 234 g/mol. The molecular formula is C12H18N4O. The van der Waals surface area contributed by atoms with E-state index in [4.69, 9.17) is 5.26 Å². The Labute approximate surface area is 102 Å². The number of hydrogen-bond acceptors (Lipinski definition) is 3. The first-order valence-electron chi connectivity index (χ1n) is 5.58. The standard InChI is InChI=1S/C12H18N4O/c1-9(2)10(7-13)12(17)16(4)8-11-14-5-6-15(11)3/h5-6,9-10H,8H2,1-4H3. The molecule has 1 atom stereocenters. The molecule has 0 radical (unpaired) electrons. The lowest BCUT2D eigenvalue weighted by Crippen LogP contribution is -2.34. The van der Waals surface area contributed by atoms with Crippen LogP contribution in [-0.4, -0.2) is 27.4 Å². The summed E-state index contributed by atoms with van der Waals surface area (Å²) in [6.07, 6.45) is 3.52. The van der Waals surface area contributed by atoms with Gasteiger partial charge in [-0.3, -0.25) is 4.79 Å². The highest BCUT2D eigenvalue weighted by atomic mass is 16.2. The van der Waals surface area contributed by atoms with E-state index in [9.17, 15) is 4.79 Å². The molecule has 1 aromatic rings. The van der Waals surface area contributed by atoms with Crippen LogP contribution in [0.1, 0.15) is 19.7 Å². The molecule has 0 bridgehead atoms. The van der Waals surface area contributed by atoms with Crippen molar-refractivity contribution in [2.24, 2.45) is 18.9 Å². The number of rotatable bonds is 4. The van der Waals surface area contributed by atoms with E-state index in [0.717, 1.165) is 5.82 Å². The first-order valence-corrected chi connectivity index (χ1v) is 5.58. The molecule has 0 aromatic carbocycles. The highest BCUT2D eigenvalue weighted by Gasteiger charge is 2.25. The van der Waals surface area contributed by atoms with Gasteiger partial charge in [-0.25, -0.2) is 4.98 Å². The van der Waals surface area contributed by atoms with Crippen molar-refractivity contribution < 1.29 is 4.79 Å². The predicted molar refractivity (Wildman–Crippen MR) is 63.6 cm³/mol. The second-order valence-corrected chi connectivity index (χ2v) is 4.50.